The molecule has 0 saturated carbocycles. The molecule has 1 aliphatic rings. The third-order valence-corrected chi connectivity index (χ3v) is 6.77. The molecule has 0 aliphatic carbocycles. The van der Waals surface area contributed by atoms with Gasteiger partial charge in [-0.2, -0.15) is 0 Å². The lowest BCUT2D eigenvalue weighted by Gasteiger charge is -2.19. The monoisotopic (exact) mass is 392 g/mol. The van der Waals surface area contributed by atoms with E-state index in [1.165, 1.54) is 16.4 Å². The van der Waals surface area contributed by atoms with Gasteiger partial charge in [0, 0.05) is 17.8 Å². The number of benzene rings is 3. The number of aryl methyl sites for hydroxylation is 1. The maximum absolute atomic E-state index is 13.0. The maximum Gasteiger partial charge on any atom is 0.264 e. The van der Waals surface area contributed by atoms with Gasteiger partial charge in [0.05, 0.1) is 10.6 Å². The molecule has 0 fully saturated rings. The first kappa shape index (κ1) is 18.3. The number of hydrogen-bond donors (Lipinski definition) is 1. The van der Waals surface area contributed by atoms with E-state index in [0.717, 1.165) is 22.5 Å². The first-order valence-corrected chi connectivity index (χ1v) is 10.5. The summed E-state index contributed by atoms with van der Waals surface area (Å²) in [7, 11) is -3.66. The molecule has 1 amide bonds. The molecular weight excluding hydrogens is 372 g/mol. The second-order valence-corrected chi connectivity index (χ2v) is 8.61. The van der Waals surface area contributed by atoms with Crippen molar-refractivity contribution >= 4 is 27.3 Å². The number of nitrogens with one attached hydrogen (secondary N) is 1. The molecule has 0 spiro atoms. The van der Waals surface area contributed by atoms with E-state index in [9.17, 15) is 13.2 Å². The maximum atomic E-state index is 13.0. The standard InChI is InChI=1S/C22H20N2O3S/c1-16-6-2-4-8-20(16)23-22(25)18-10-12-19(13-11-18)28(26,27)24-15-14-17-7-3-5-9-21(17)24/h2-13H,14-15H2,1H3,(H,23,25). The van der Waals surface area contributed by atoms with Crippen LogP contribution in [0.3, 0.4) is 0 Å². The zero-order chi connectivity index (χ0) is 19.7. The van der Waals surface area contributed by atoms with Crippen LogP contribution in [0.2, 0.25) is 0 Å². The number of fused-ring (bicyclic) bond motifs is 1. The van der Waals surface area contributed by atoms with Crippen molar-refractivity contribution in [3.8, 4) is 0 Å². The van der Waals surface area contributed by atoms with E-state index in [1.807, 2.05) is 55.5 Å². The Morgan fingerprint density at radius 2 is 1.61 bits per heavy atom. The third-order valence-electron chi connectivity index (χ3n) is 4.94. The van der Waals surface area contributed by atoms with Gasteiger partial charge in [-0.1, -0.05) is 36.4 Å². The highest BCUT2D eigenvalue weighted by atomic mass is 32.2. The topological polar surface area (TPSA) is 66.5 Å². The molecule has 3 aromatic rings. The molecule has 0 bridgehead atoms. The predicted octanol–water partition coefficient (Wildman–Crippen LogP) is 4.00. The fourth-order valence-electron chi connectivity index (χ4n) is 3.37. The van der Waals surface area contributed by atoms with E-state index >= 15 is 0 Å². The highest BCUT2D eigenvalue weighted by molar-refractivity contribution is 7.92. The van der Waals surface area contributed by atoms with Gasteiger partial charge in [0.2, 0.25) is 0 Å². The summed E-state index contributed by atoms with van der Waals surface area (Å²) < 4.78 is 27.5. The summed E-state index contributed by atoms with van der Waals surface area (Å²) in [4.78, 5) is 12.7. The first-order chi connectivity index (χ1) is 13.5. The molecule has 6 heteroatoms. The van der Waals surface area contributed by atoms with Crippen molar-refractivity contribution in [3.05, 3.63) is 89.5 Å². The summed E-state index contributed by atoms with van der Waals surface area (Å²) in [6.07, 6.45) is 0.701. The fraction of sp³-hybridized carbons (Fsp3) is 0.136. The van der Waals surface area contributed by atoms with E-state index < -0.39 is 10.0 Å². The van der Waals surface area contributed by atoms with Gasteiger partial charge < -0.3 is 5.32 Å². The molecule has 5 nitrogen and oxygen atoms in total. The van der Waals surface area contributed by atoms with Crippen LogP contribution in [0.1, 0.15) is 21.5 Å². The van der Waals surface area contributed by atoms with Crippen LogP contribution >= 0.6 is 0 Å². The zero-order valence-corrected chi connectivity index (χ0v) is 16.2. The van der Waals surface area contributed by atoms with Crippen molar-refractivity contribution in [3.63, 3.8) is 0 Å². The van der Waals surface area contributed by atoms with E-state index in [2.05, 4.69) is 5.32 Å². The Bertz CT molecular complexity index is 1140. The van der Waals surface area contributed by atoms with Crippen molar-refractivity contribution in [2.45, 2.75) is 18.2 Å². The molecule has 0 atom stereocenters. The first-order valence-electron chi connectivity index (χ1n) is 9.04. The Morgan fingerprint density at radius 1 is 0.929 bits per heavy atom. The minimum atomic E-state index is -3.66. The third kappa shape index (κ3) is 3.27. The van der Waals surface area contributed by atoms with Crippen LogP contribution in [0, 0.1) is 6.92 Å². The molecule has 28 heavy (non-hydrogen) atoms. The number of sulfonamides is 1. The number of amides is 1. The number of nitrogens with zero attached hydrogens (tertiary/aromatic N) is 1. The summed E-state index contributed by atoms with van der Waals surface area (Å²) in [5, 5.41) is 2.85. The quantitative estimate of drug-likeness (QED) is 0.730. The highest BCUT2D eigenvalue weighted by Gasteiger charge is 2.30. The lowest BCUT2D eigenvalue weighted by atomic mass is 10.1. The summed E-state index contributed by atoms with van der Waals surface area (Å²) in [6.45, 7) is 2.34. The van der Waals surface area contributed by atoms with E-state index in [0.29, 0.717) is 18.5 Å². The molecule has 0 saturated heterocycles. The molecule has 0 radical (unpaired) electrons. The smallest absolute Gasteiger partial charge is 0.264 e. The number of carbonyl (C=O) groups excluding carboxylic acids is 1. The predicted molar refractivity (Wildman–Crippen MR) is 110 cm³/mol. The van der Waals surface area contributed by atoms with Gasteiger partial charge in [-0.25, -0.2) is 8.42 Å². The molecule has 1 aliphatic heterocycles. The Kier molecular flexibility index (Phi) is 4.65. The molecule has 1 heterocycles. The van der Waals surface area contributed by atoms with Crippen LogP contribution in [0.15, 0.2) is 77.7 Å². The van der Waals surface area contributed by atoms with Gasteiger partial charge in [0.1, 0.15) is 0 Å². The van der Waals surface area contributed by atoms with Crippen molar-refractivity contribution in [2.24, 2.45) is 0 Å². The molecule has 1 N–H and O–H groups in total. The van der Waals surface area contributed by atoms with Crippen molar-refractivity contribution < 1.29 is 13.2 Å². The van der Waals surface area contributed by atoms with Crippen LogP contribution in [-0.2, 0) is 16.4 Å². The average Bonchev–Trinajstić information content (AvgIpc) is 3.15. The Labute approximate surface area is 164 Å². The molecule has 0 unspecified atom stereocenters. The van der Waals surface area contributed by atoms with Gasteiger partial charge in [-0.05, 0) is 60.9 Å². The van der Waals surface area contributed by atoms with Crippen molar-refractivity contribution in [2.75, 3.05) is 16.2 Å². The summed E-state index contributed by atoms with van der Waals surface area (Å²) in [5.74, 6) is -0.273. The largest absolute Gasteiger partial charge is 0.322 e. The number of anilines is 2. The van der Waals surface area contributed by atoms with Crippen LogP contribution in [0.4, 0.5) is 11.4 Å². The fourth-order valence-corrected chi connectivity index (χ4v) is 4.87. The van der Waals surface area contributed by atoms with E-state index in [1.54, 1.807) is 12.1 Å². The van der Waals surface area contributed by atoms with Gasteiger partial charge in [-0.3, -0.25) is 9.10 Å². The van der Waals surface area contributed by atoms with Crippen LogP contribution < -0.4 is 9.62 Å². The molecular formula is C22H20N2O3S. The summed E-state index contributed by atoms with van der Waals surface area (Å²) in [6, 6.07) is 21.1. The van der Waals surface area contributed by atoms with Crippen LogP contribution in [0.25, 0.3) is 0 Å². The molecule has 3 aromatic carbocycles. The number of carbonyl (C=O) groups is 1. The average molecular weight is 392 g/mol. The van der Waals surface area contributed by atoms with Crippen molar-refractivity contribution in [1.82, 2.24) is 0 Å². The summed E-state index contributed by atoms with van der Waals surface area (Å²) >= 11 is 0. The number of rotatable bonds is 4. The lowest BCUT2D eigenvalue weighted by Crippen LogP contribution is -2.29. The highest BCUT2D eigenvalue weighted by Crippen LogP contribution is 2.32. The SMILES string of the molecule is Cc1ccccc1NC(=O)c1ccc(S(=O)(=O)N2CCc3ccccc32)cc1. The van der Waals surface area contributed by atoms with Gasteiger partial charge in [0.25, 0.3) is 15.9 Å². The normalized spacial score (nSPS) is 13.2. The van der Waals surface area contributed by atoms with Crippen molar-refractivity contribution in [1.29, 1.82) is 0 Å². The lowest BCUT2D eigenvalue weighted by molar-refractivity contribution is 0.102. The number of hydrogen-bond acceptors (Lipinski definition) is 3. The summed E-state index contributed by atoms with van der Waals surface area (Å²) in [5.41, 5.74) is 3.86. The van der Waals surface area contributed by atoms with Gasteiger partial charge in [-0.15, -0.1) is 0 Å². The second-order valence-electron chi connectivity index (χ2n) is 6.75. The Balaban J connectivity index is 1.56. The Hall–Kier alpha value is -3.12. The molecule has 4 rings (SSSR count). The van der Waals surface area contributed by atoms with Gasteiger partial charge >= 0.3 is 0 Å². The minimum absolute atomic E-state index is 0.177. The van der Waals surface area contributed by atoms with E-state index in [-0.39, 0.29) is 10.8 Å². The molecule has 0 aromatic heterocycles. The minimum Gasteiger partial charge on any atom is -0.322 e. The number of para-hydroxylation sites is 2. The molecule has 142 valence electrons. The zero-order valence-electron chi connectivity index (χ0n) is 15.4. The van der Waals surface area contributed by atoms with E-state index in [4.69, 9.17) is 0 Å². The second kappa shape index (κ2) is 7.13. The van der Waals surface area contributed by atoms with Gasteiger partial charge in [0.15, 0.2) is 0 Å². The Morgan fingerprint density at radius 3 is 2.36 bits per heavy atom. The van der Waals surface area contributed by atoms with Crippen LogP contribution in [-0.4, -0.2) is 20.9 Å². The van der Waals surface area contributed by atoms with Crippen LogP contribution in [0.5, 0.6) is 0 Å².